The SMILES string of the molecule is CCCCOC(=O)c1ccc(NC(=O)CN(C2CCCCC2)S(=O)(=O)c2ccc(F)cc2)cc1. The molecule has 0 heterocycles. The van der Waals surface area contributed by atoms with Crippen LogP contribution in [-0.2, 0) is 19.6 Å². The Morgan fingerprint density at radius 2 is 1.68 bits per heavy atom. The Hall–Kier alpha value is -2.78. The highest BCUT2D eigenvalue weighted by molar-refractivity contribution is 7.89. The average molecular weight is 491 g/mol. The fraction of sp³-hybridized carbons (Fsp3) is 0.440. The number of halogens is 1. The van der Waals surface area contributed by atoms with Crippen LogP contribution in [0.2, 0.25) is 0 Å². The van der Waals surface area contributed by atoms with Gasteiger partial charge in [-0.3, -0.25) is 4.79 Å². The first kappa shape index (κ1) is 25.8. The van der Waals surface area contributed by atoms with E-state index in [2.05, 4.69) is 5.32 Å². The average Bonchev–Trinajstić information content (AvgIpc) is 2.84. The van der Waals surface area contributed by atoms with Gasteiger partial charge in [0.2, 0.25) is 15.9 Å². The zero-order valence-electron chi connectivity index (χ0n) is 19.3. The van der Waals surface area contributed by atoms with Gasteiger partial charge in [-0.2, -0.15) is 4.31 Å². The molecule has 34 heavy (non-hydrogen) atoms. The number of esters is 1. The highest BCUT2D eigenvalue weighted by Crippen LogP contribution is 2.28. The summed E-state index contributed by atoms with van der Waals surface area (Å²) in [6.45, 7) is 2.00. The van der Waals surface area contributed by atoms with Gasteiger partial charge in [0.15, 0.2) is 0 Å². The molecule has 0 aliphatic heterocycles. The van der Waals surface area contributed by atoms with Gasteiger partial charge in [0.1, 0.15) is 5.82 Å². The highest BCUT2D eigenvalue weighted by Gasteiger charge is 2.34. The van der Waals surface area contributed by atoms with Crippen LogP contribution in [0.1, 0.15) is 62.2 Å². The van der Waals surface area contributed by atoms with Crippen LogP contribution in [0.15, 0.2) is 53.4 Å². The summed E-state index contributed by atoms with van der Waals surface area (Å²) >= 11 is 0. The first-order chi connectivity index (χ1) is 16.3. The minimum Gasteiger partial charge on any atom is -0.462 e. The van der Waals surface area contributed by atoms with E-state index < -0.39 is 27.7 Å². The number of amides is 1. The van der Waals surface area contributed by atoms with Crippen LogP contribution in [0.5, 0.6) is 0 Å². The van der Waals surface area contributed by atoms with Gasteiger partial charge in [-0.1, -0.05) is 32.6 Å². The molecule has 1 N–H and O–H groups in total. The summed E-state index contributed by atoms with van der Waals surface area (Å²) in [7, 11) is -3.99. The van der Waals surface area contributed by atoms with Gasteiger partial charge < -0.3 is 10.1 Å². The number of anilines is 1. The van der Waals surface area contributed by atoms with Crippen molar-refractivity contribution in [3.63, 3.8) is 0 Å². The maximum absolute atomic E-state index is 13.3. The summed E-state index contributed by atoms with van der Waals surface area (Å²) in [5, 5.41) is 2.71. The highest BCUT2D eigenvalue weighted by atomic mass is 32.2. The zero-order chi connectivity index (χ0) is 24.6. The third-order valence-corrected chi connectivity index (χ3v) is 7.75. The fourth-order valence-corrected chi connectivity index (χ4v) is 5.59. The molecule has 1 aliphatic carbocycles. The van der Waals surface area contributed by atoms with Gasteiger partial charge in [-0.15, -0.1) is 0 Å². The Bertz CT molecular complexity index is 1070. The molecule has 0 aromatic heterocycles. The molecule has 0 atom stereocenters. The predicted octanol–water partition coefficient (Wildman–Crippen LogP) is 4.74. The summed E-state index contributed by atoms with van der Waals surface area (Å²) in [5.41, 5.74) is 0.815. The molecule has 2 aromatic rings. The van der Waals surface area contributed by atoms with Gasteiger partial charge >= 0.3 is 5.97 Å². The molecule has 2 aromatic carbocycles. The number of nitrogens with zero attached hydrogens (tertiary/aromatic N) is 1. The summed E-state index contributed by atoms with van der Waals surface area (Å²) in [5.74, 6) is -1.45. The molecular formula is C25H31FN2O5S. The van der Waals surface area contributed by atoms with Crippen LogP contribution in [0.4, 0.5) is 10.1 Å². The second-order valence-electron chi connectivity index (χ2n) is 8.41. The number of carbonyl (C=O) groups is 2. The Balaban J connectivity index is 1.70. The third kappa shape index (κ3) is 6.87. The van der Waals surface area contributed by atoms with Crippen molar-refractivity contribution in [1.29, 1.82) is 0 Å². The van der Waals surface area contributed by atoms with E-state index in [1.807, 2.05) is 6.92 Å². The number of unbranched alkanes of at least 4 members (excludes halogenated alkanes) is 1. The van der Waals surface area contributed by atoms with Crippen LogP contribution in [0, 0.1) is 5.82 Å². The first-order valence-electron chi connectivity index (χ1n) is 11.7. The number of sulfonamides is 1. The molecular weight excluding hydrogens is 459 g/mol. The number of hydrogen-bond donors (Lipinski definition) is 1. The number of benzene rings is 2. The molecule has 3 rings (SSSR count). The van der Waals surface area contributed by atoms with Crippen molar-refractivity contribution in [3.8, 4) is 0 Å². The Morgan fingerprint density at radius 1 is 1.03 bits per heavy atom. The maximum atomic E-state index is 13.3. The lowest BCUT2D eigenvalue weighted by atomic mass is 9.95. The molecule has 0 spiro atoms. The van der Waals surface area contributed by atoms with Crippen LogP contribution < -0.4 is 5.32 Å². The van der Waals surface area contributed by atoms with E-state index in [4.69, 9.17) is 4.74 Å². The van der Waals surface area contributed by atoms with E-state index >= 15 is 0 Å². The van der Waals surface area contributed by atoms with E-state index in [0.717, 1.165) is 44.2 Å². The normalized spacial score (nSPS) is 14.7. The topological polar surface area (TPSA) is 92.8 Å². The van der Waals surface area contributed by atoms with Crippen LogP contribution >= 0.6 is 0 Å². The molecule has 0 bridgehead atoms. The van der Waals surface area contributed by atoms with E-state index in [1.165, 1.54) is 16.4 Å². The smallest absolute Gasteiger partial charge is 0.338 e. The van der Waals surface area contributed by atoms with Crippen molar-refractivity contribution in [2.24, 2.45) is 0 Å². The van der Waals surface area contributed by atoms with Crippen molar-refractivity contribution in [3.05, 3.63) is 59.9 Å². The number of nitrogens with one attached hydrogen (secondary N) is 1. The zero-order valence-corrected chi connectivity index (χ0v) is 20.2. The minimum absolute atomic E-state index is 0.0433. The Kier molecular flexibility index (Phi) is 9.18. The largest absolute Gasteiger partial charge is 0.462 e. The number of carbonyl (C=O) groups excluding carboxylic acids is 2. The number of hydrogen-bond acceptors (Lipinski definition) is 5. The molecule has 0 unspecified atom stereocenters. The number of rotatable bonds is 10. The van der Waals surface area contributed by atoms with Gasteiger partial charge in [0, 0.05) is 11.7 Å². The van der Waals surface area contributed by atoms with Crippen molar-refractivity contribution in [2.75, 3.05) is 18.5 Å². The molecule has 1 aliphatic rings. The second-order valence-corrected chi connectivity index (χ2v) is 10.3. The quantitative estimate of drug-likeness (QED) is 0.383. The van der Waals surface area contributed by atoms with Gasteiger partial charge in [0.05, 0.1) is 23.6 Å². The summed E-state index contributed by atoms with van der Waals surface area (Å²) in [4.78, 5) is 24.8. The van der Waals surface area contributed by atoms with Crippen LogP contribution in [-0.4, -0.2) is 43.8 Å². The van der Waals surface area contributed by atoms with Gasteiger partial charge in [0.25, 0.3) is 0 Å². The van der Waals surface area contributed by atoms with Crippen molar-refractivity contribution in [1.82, 2.24) is 4.31 Å². The van der Waals surface area contributed by atoms with Gasteiger partial charge in [-0.25, -0.2) is 17.6 Å². The monoisotopic (exact) mass is 490 g/mol. The van der Waals surface area contributed by atoms with Crippen LogP contribution in [0.25, 0.3) is 0 Å². The lowest BCUT2D eigenvalue weighted by molar-refractivity contribution is -0.116. The lowest BCUT2D eigenvalue weighted by Crippen LogP contribution is -2.45. The van der Waals surface area contributed by atoms with E-state index in [-0.39, 0.29) is 17.5 Å². The summed E-state index contributed by atoms with van der Waals surface area (Å²) in [6.07, 6.45) is 5.85. The Morgan fingerprint density at radius 3 is 2.29 bits per heavy atom. The summed E-state index contributed by atoms with van der Waals surface area (Å²) in [6, 6.07) is 10.6. The molecule has 1 saturated carbocycles. The molecule has 9 heteroatoms. The molecule has 1 fully saturated rings. The second kappa shape index (κ2) is 12.1. The molecule has 0 radical (unpaired) electrons. The van der Waals surface area contributed by atoms with Crippen molar-refractivity contribution < 1.29 is 27.1 Å². The van der Waals surface area contributed by atoms with E-state index in [1.54, 1.807) is 24.3 Å². The number of ether oxygens (including phenoxy) is 1. The standard InChI is InChI=1S/C25H31FN2O5S/c1-2-3-17-33-25(30)19-9-13-21(14-10-19)27-24(29)18-28(22-7-5-4-6-8-22)34(31,32)23-15-11-20(26)12-16-23/h9-16,22H,2-8,17-18H2,1H3,(H,27,29). The van der Waals surface area contributed by atoms with Crippen molar-refractivity contribution in [2.45, 2.75) is 62.8 Å². The first-order valence-corrected chi connectivity index (χ1v) is 13.1. The molecule has 1 amide bonds. The van der Waals surface area contributed by atoms with Crippen LogP contribution in [0.3, 0.4) is 0 Å². The van der Waals surface area contributed by atoms with E-state index in [9.17, 15) is 22.4 Å². The molecule has 184 valence electrons. The minimum atomic E-state index is -3.99. The fourth-order valence-electron chi connectivity index (χ4n) is 3.95. The molecule has 0 saturated heterocycles. The lowest BCUT2D eigenvalue weighted by Gasteiger charge is -2.33. The van der Waals surface area contributed by atoms with E-state index in [0.29, 0.717) is 30.7 Å². The third-order valence-electron chi connectivity index (χ3n) is 5.84. The predicted molar refractivity (Wildman–Crippen MR) is 127 cm³/mol. The van der Waals surface area contributed by atoms with Crippen molar-refractivity contribution >= 4 is 27.6 Å². The maximum Gasteiger partial charge on any atom is 0.338 e. The summed E-state index contributed by atoms with van der Waals surface area (Å²) < 4.78 is 46.4. The molecule has 7 nitrogen and oxygen atoms in total. The van der Waals surface area contributed by atoms with Gasteiger partial charge in [-0.05, 0) is 67.8 Å². The Labute approximate surface area is 200 Å².